The molecule has 0 saturated heterocycles. The highest BCUT2D eigenvalue weighted by Crippen LogP contribution is 2.35. The summed E-state index contributed by atoms with van der Waals surface area (Å²) in [6, 6.07) is 4.55. The van der Waals surface area contributed by atoms with Gasteiger partial charge in [0.1, 0.15) is 29.3 Å². The number of carbonyl (C=O) groups is 2. The number of ether oxygens (including phenoxy) is 1. The van der Waals surface area contributed by atoms with Crippen molar-refractivity contribution in [1.29, 1.82) is 0 Å². The molecular weight excluding hydrogens is 248 g/mol. The number of aromatic hydroxyl groups is 1. The van der Waals surface area contributed by atoms with E-state index in [0.29, 0.717) is 24.8 Å². The van der Waals surface area contributed by atoms with E-state index in [0.717, 1.165) is 0 Å². The molecule has 0 aliphatic carbocycles. The number of hydrogen-bond donors (Lipinski definition) is 2. The number of aliphatic hydroxyl groups excluding tert-OH is 1. The Morgan fingerprint density at radius 3 is 2.84 bits per heavy atom. The molecule has 2 atom stereocenters. The Labute approximate surface area is 110 Å². The lowest BCUT2D eigenvalue weighted by Crippen LogP contribution is -2.32. The molecule has 0 bridgehead atoms. The van der Waals surface area contributed by atoms with E-state index in [-0.39, 0.29) is 17.1 Å². The topological polar surface area (TPSA) is 83.8 Å². The van der Waals surface area contributed by atoms with Gasteiger partial charge in [-0.25, -0.2) is 4.79 Å². The first-order chi connectivity index (χ1) is 9.00. The number of Topliss-reactive ketones (excluding diaryl/α,β-unsaturated/α-hetero) is 1. The lowest BCUT2D eigenvalue weighted by molar-refractivity contribution is -0.117. The number of cyclic esters (lactones) is 1. The lowest BCUT2D eigenvalue weighted by Gasteiger charge is -2.29. The van der Waals surface area contributed by atoms with E-state index in [2.05, 4.69) is 0 Å². The largest absolute Gasteiger partial charge is 0.507 e. The fourth-order valence-electron chi connectivity index (χ4n) is 2.26. The standard InChI is InChI=1S/C14H16O5/c1-8(15)4-2-7-11-13(17)9-5-3-6-10(16)12(9)14(18)19-11/h3,5-6,11,13,16-17H,2,4,7H2,1H3/t11-,13+/m1/s1. The second-order valence-electron chi connectivity index (χ2n) is 4.72. The van der Waals surface area contributed by atoms with Crippen LogP contribution < -0.4 is 0 Å². The fourth-order valence-corrected chi connectivity index (χ4v) is 2.26. The zero-order valence-electron chi connectivity index (χ0n) is 10.6. The summed E-state index contributed by atoms with van der Waals surface area (Å²) in [6.45, 7) is 1.50. The number of hydrogen-bond acceptors (Lipinski definition) is 5. The first-order valence-corrected chi connectivity index (χ1v) is 6.21. The highest BCUT2D eigenvalue weighted by atomic mass is 16.6. The molecule has 1 aromatic carbocycles. The number of phenolic OH excluding ortho intramolecular Hbond substituents is 1. The van der Waals surface area contributed by atoms with Gasteiger partial charge in [0.25, 0.3) is 0 Å². The maximum Gasteiger partial charge on any atom is 0.342 e. The Kier molecular flexibility index (Phi) is 3.85. The number of carbonyl (C=O) groups excluding carboxylic acids is 2. The summed E-state index contributed by atoms with van der Waals surface area (Å²) in [5, 5.41) is 19.8. The van der Waals surface area contributed by atoms with Crippen LogP contribution in [0.1, 0.15) is 48.2 Å². The number of phenols is 1. The number of aliphatic hydroxyl groups is 1. The molecule has 0 unspecified atom stereocenters. The molecule has 19 heavy (non-hydrogen) atoms. The third-order valence-corrected chi connectivity index (χ3v) is 3.23. The van der Waals surface area contributed by atoms with Gasteiger partial charge in [-0.05, 0) is 25.8 Å². The van der Waals surface area contributed by atoms with Crippen LogP contribution in [-0.2, 0) is 9.53 Å². The molecule has 0 aromatic heterocycles. The molecule has 2 N–H and O–H groups in total. The Morgan fingerprint density at radius 2 is 2.16 bits per heavy atom. The van der Waals surface area contributed by atoms with Crippen molar-refractivity contribution in [3.63, 3.8) is 0 Å². The Balaban J connectivity index is 2.15. The summed E-state index contributed by atoms with van der Waals surface area (Å²) in [5.41, 5.74) is 0.405. The fraction of sp³-hybridized carbons (Fsp3) is 0.429. The Bertz CT molecular complexity index is 509. The molecule has 0 spiro atoms. The number of esters is 1. The third-order valence-electron chi connectivity index (χ3n) is 3.23. The van der Waals surface area contributed by atoms with Crippen LogP contribution in [0.5, 0.6) is 5.75 Å². The van der Waals surface area contributed by atoms with Crippen molar-refractivity contribution in [3.05, 3.63) is 29.3 Å². The van der Waals surface area contributed by atoms with Crippen LogP contribution in [0.15, 0.2) is 18.2 Å². The summed E-state index contributed by atoms with van der Waals surface area (Å²) in [4.78, 5) is 22.7. The van der Waals surface area contributed by atoms with Crippen molar-refractivity contribution in [1.82, 2.24) is 0 Å². The third kappa shape index (κ3) is 2.76. The maximum atomic E-state index is 11.8. The highest BCUT2D eigenvalue weighted by Gasteiger charge is 2.35. The van der Waals surface area contributed by atoms with Crippen molar-refractivity contribution in [2.45, 2.75) is 38.4 Å². The minimum absolute atomic E-state index is 0.0258. The molecular formula is C14H16O5. The van der Waals surface area contributed by atoms with E-state index in [1.165, 1.54) is 13.0 Å². The van der Waals surface area contributed by atoms with Crippen LogP contribution in [-0.4, -0.2) is 28.1 Å². The van der Waals surface area contributed by atoms with Gasteiger partial charge in [-0.1, -0.05) is 12.1 Å². The lowest BCUT2D eigenvalue weighted by atomic mass is 9.92. The van der Waals surface area contributed by atoms with Crippen molar-refractivity contribution in [2.75, 3.05) is 0 Å². The second kappa shape index (κ2) is 5.40. The molecule has 1 aliphatic rings. The van der Waals surface area contributed by atoms with Crippen molar-refractivity contribution in [3.8, 4) is 5.75 Å². The van der Waals surface area contributed by atoms with E-state index in [9.17, 15) is 19.8 Å². The maximum absolute atomic E-state index is 11.8. The van der Waals surface area contributed by atoms with E-state index in [4.69, 9.17) is 4.74 Å². The van der Waals surface area contributed by atoms with Crippen LogP contribution in [0, 0.1) is 0 Å². The predicted octanol–water partition coefficient (Wildman–Crippen LogP) is 1.72. The van der Waals surface area contributed by atoms with Crippen molar-refractivity contribution in [2.24, 2.45) is 0 Å². The van der Waals surface area contributed by atoms with Gasteiger partial charge < -0.3 is 19.7 Å². The molecule has 1 heterocycles. The van der Waals surface area contributed by atoms with Crippen molar-refractivity contribution < 1.29 is 24.5 Å². The molecule has 102 valence electrons. The molecule has 1 aromatic rings. The van der Waals surface area contributed by atoms with Crippen LogP contribution in [0.4, 0.5) is 0 Å². The van der Waals surface area contributed by atoms with Gasteiger partial charge in [-0.15, -0.1) is 0 Å². The molecule has 0 radical (unpaired) electrons. The minimum Gasteiger partial charge on any atom is -0.507 e. The van der Waals surface area contributed by atoms with E-state index in [1.54, 1.807) is 12.1 Å². The summed E-state index contributed by atoms with van der Waals surface area (Å²) in [7, 11) is 0. The smallest absolute Gasteiger partial charge is 0.342 e. The van der Waals surface area contributed by atoms with Gasteiger partial charge >= 0.3 is 5.97 Å². The zero-order chi connectivity index (χ0) is 14.0. The van der Waals surface area contributed by atoms with Gasteiger partial charge in [0.15, 0.2) is 0 Å². The average molecular weight is 264 g/mol. The molecule has 0 saturated carbocycles. The van der Waals surface area contributed by atoms with Gasteiger partial charge in [0.2, 0.25) is 0 Å². The summed E-state index contributed by atoms with van der Waals surface area (Å²) >= 11 is 0. The van der Waals surface area contributed by atoms with E-state index >= 15 is 0 Å². The average Bonchev–Trinajstić information content (AvgIpc) is 2.34. The quantitative estimate of drug-likeness (QED) is 0.809. The van der Waals surface area contributed by atoms with Crippen LogP contribution in [0.2, 0.25) is 0 Å². The number of fused-ring (bicyclic) bond motifs is 1. The van der Waals surface area contributed by atoms with Crippen LogP contribution >= 0.6 is 0 Å². The predicted molar refractivity (Wildman–Crippen MR) is 66.8 cm³/mol. The number of rotatable bonds is 4. The Morgan fingerprint density at radius 1 is 1.42 bits per heavy atom. The highest BCUT2D eigenvalue weighted by molar-refractivity contribution is 5.95. The summed E-state index contributed by atoms with van der Waals surface area (Å²) in [5.74, 6) is -0.760. The first-order valence-electron chi connectivity index (χ1n) is 6.21. The molecule has 2 rings (SSSR count). The summed E-state index contributed by atoms with van der Waals surface area (Å²) < 4.78 is 5.13. The number of benzene rings is 1. The van der Waals surface area contributed by atoms with Gasteiger partial charge in [0, 0.05) is 12.0 Å². The van der Waals surface area contributed by atoms with Gasteiger partial charge in [-0.2, -0.15) is 0 Å². The molecule has 5 heteroatoms. The van der Waals surface area contributed by atoms with Crippen LogP contribution in [0.25, 0.3) is 0 Å². The van der Waals surface area contributed by atoms with Gasteiger partial charge in [-0.3, -0.25) is 0 Å². The van der Waals surface area contributed by atoms with Crippen molar-refractivity contribution >= 4 is 11.8 Å². The molecule has 1 aliphatic heterocycles. The molecule has 5 nitrogen and oxygen atoms in total. The summed E-state index contributed by atoms with van der Waals surface area (Å²) in [6.07, 6.45) is -0.263. The van der Waals surface area contributed by atoms with E-state index < -0.39 is 18.2 Å². The van der Waals surface area contributed by atoms with Crippen LogP contribution in [0.3, 0.4) is 0 Å². The SMILES string of the molecule is CC(=O)CCC[C@H]1OC(=O)c2c(O)cccc2[C@@H]1O. The monoisotopic (exact) mass is 264 g/mol. The van der Waals surface area contributed by atoms with E-state index in [1.807, 2.05) is 0 Å². The molecule has 0 amide bonds. The first kappa shape index (κ1) is 13.5. The zero-order valence-corrected chi connectivity index (χ0v) is 10.6. The molecule has 0 fully saturated rings. The Hall–Kier alpha value is -1.88. The minimum atomic E-state index is -0.966. The normalized spacial score (nSPS) is 21.7. The number of ketones is 1. The van der Waals surface area contributed by atoms with Gasteiger partial charge in [0.05, 0.1) is 0 Å². The second-order valence-corrected chi connectivity index (χ2v) is 4.72.